The van der Waals surface area contributed by atoms with Gasteiger partial charge in [0.15, 0.2) is 0 Å². The summed E-state index contributed by atoms with van der Waals surface area (Å²) >= 11 is 0. The van der Waals surface area contributed by atoms with Gasteiger partial charge >= 0.3 is 5.97 Å². The summed E-state index contributed by atoms with van der Waals surface area (Å²) in [6, 6.07) is 12.9. The zero-order valence-corrected chi connectivity index (χ0v) is 11.3. The molecule has 0 aliphatic carbocycles. The van der Waals surface area contributed by atoms with E-state index in [9.17, 15) is 20.0 Å². The molecule has 0 spiro atoms. The molecule has 0 bridgehead atoms. The average molecular weight is 283 g/mol. The second-order valence-corrected chi connectivity index (χ2v) is 4.53. The minimum absolute atomic E-state index is 0.0279. The Labute approximate surface area is 121 Å². The van der Waals surface area contributed by atoms with E-state index in [0.29, 0.717) is 11.1 Å². The van der Waals surface area contributed by atoms with Crippen LogP contribution in [0.3, 0.4) is 0 Å². The van der Waals surface area contributed by atoms with Crippen molar-refractivity contribution in [2.75, 3.05) is 0 Å². The first kappa shape index (κ1) is 14.5. The summed E-state index contributed by atoms with van der Waals surface area (Å²) in [6.45, 7) is 1.84. The Morgan fingerprint density at radius 2 is 1.76 bits per heavy atom. The first-order chi connectivity index (χ1) is 9.99. The van der Waals surface area contributed by atoms with Crippen LogP contribution >= 0.6 is 0 Å². The van der Waals surface area contributed by atoms with Gasteiger partial charge in [0, 0.05) is 12.1 Å². The first-order valence-electron chi connectivity index (χ1n) is 6.24. The second-order valence-electron chi connectivity index (χ2n) is 4.53. The molecular weight excluding hydrogens is 270 g/mol. The largest absolute Gasteiger partial charge is 0.478 e. The molecule has 0 aromatic heterocycles. The van der Waals surface area contributed by atoms with Gasteiger partial charge in [-0.05, 0) is 41.8 Å². The molecular formula is C16H13NO4. The number of nitro benzene ring substituents is 1. The fraction of sp³-hybridized carbons (Fsp3) is 0.0625. The molecule has 21 heavy (non-hydrogen) atoms. The molecule has 0 heterocycles. The van der Waals surface area contributed by atoms with Crippen molar-refractivity contribution in [2.24, 2.45) is 0 Å². The fourth-order valence-electron chi connectivity index (χ4n) is 1.99. The van der Waals surface area contributed by atoms with Crippen molar-refractivity contribution in [3.05, 3.63) is 75.3 Å². The molecule has 0 amide bonds. The highest BCUT2D eigenvalue weighted by Gasteiger charge is 2.13. The number of nitrogens with zero attached hydrogens (tertiary/aromatic N) is 1. The van der Waals surface area contributed by atoms with Gasteiger partial charge in [-0.15, -0.1) is 0 Å². The zero-order chi connectivity index (χ0) is 15.4. The number of benzene rings is 2. The molecule has 0 fully saturated rings. The minimum atomic E-state index is -1.04. The Bertz CT molecular complexity index is 717. The summed E-state index contributed by atoms with van der Waals surface area (Å²) in [5.41, 5.74) is 2.21. The smallest absolute Gasteiger partial charge is 0.336 e. The molecule has 0 aliphatic heterocycles. The number of carbonyl (C=O) groups is 1. The van der Waals surface area contributed by atoms with Crippen molar-refractivity contribution in [2.45, 2.75) is 6.92 Å². The third-order valence-electron chi connectivity index (χ3n) is 3.08. The van der Waals surface area contributed by atoms with E-state index >= 15 is 0 Å². The van der Waals surface area contributed by atoms with Gasteiger partial charge in [0.05, 0.1) is 10.5 Å². The minimum Gasteiger partial charge on any atom is -0.478 e. The van der Waals surface area contributed by atoms with Crippen LogP contribution in [-0.4, -0.2) is 16.0 Å². The lowest BCUT2D eigenvalue weighted by atomic mass is 9.98. The van der Waals surface area contributed by atoms with E-state index in [1.165, 1.54) is 30.3 Å². The lowest BCUT2D eigenvalue weighted by molar-refractivity contribution is -0.384. The maximum Gasteiger partial charge on any atom is 0.336 e. The van der Waals surface area contributed by atoms with Crippen molar-refractivity contribution in [1.29, 1.82) is 0 Å². The molecule has 2 rings (SSSR count). The van der Waals surface area contributed by atoms with E-state index in [1.54, 1.807) is 12.1 Å². The van der Waals surface area contributed by atoms with Gasteiger partial charge < -0.3 is 5.11 Å². The SMILES string of the molecule is Cc1ccccc1/C(=C/c1ccc([N+](=O)[O-])cc1)C(=O)O. The Morgan fingerprint density at radius 1 is 1.14 bits per heavy atom. The molecule has 1 N–H and O–H groups in total. The lowest BCUT2D eigenvalue weighted by Gasteiger charge is -2.06. The molecule has 0 aliphatic rings. The standard InChI is InChI=1S/C16H13NO4/c1-11-4-2-3-5-14(11)15(16(18)19)10-12-6-8-13(9-7-12)17(20)21/h2-10H,1H3,(H,18,19)/b15-10-. The molecule has 0 saturated heterocycles. The van der Waals surface area contributed by atoms with Gasteiger partial charge in [-0.1, -0.05) is 24.3 Å². The highest BCUT2D eigenvalue weighted by atomic mass is 16.6. The van der Waals surface area contributed by atoms with E-state index < -0.39 is 10.9 Å². The number of aliphatic carboxylic acids is 1. The van der Waals surface area contributed by atoms with Crippen molar-refractivity contribution >= 4 is 23.3 Å². The number of aryl methyl sites for hydroxylation is 1. The molecule has 0 saturated carbocycles. The number of hydrogen-bond acceptors (Lipinski definition) is 3. The summed E-state index contributed by atoms with van der Waals surface area (Å²) in [4.78, 5) is 21.6. The van der Waals surface area contributed by atoms with Crippen molar-refractivity contribution < 1.29 is 14.8 Å². The van der Waals surface area contributed by atoms with Crippen LogP contribution < -0.4 is 0 Å². The Kier molecular flexibility index (Phi) is 4.13. The van der Waals surface area contributed by atoms with Crippen LogP contribution in [0.25, 0.3) is 11.6 Å². The number of nitro groups is 1. The monoisotopic (exact) mass is 283 g/mol. The first-order valence-corrected chi connectivity index (χ1v) is 6.24. The molecule has 0 radical (unpaired) electrons. The van der Waals surface area contributed by atoms with E-state index in [4.69, 9.17) is 0 Å². The third kappa shape index (κ3) is 3.33. The van der Waals surface area contributed by atoms with Gasteiger partial charge in [0.1, 0.15) is 0 Å². The predicted molar refractivity (Wildman–Crippen MR) is 79.8 cm³/mol. The Morgan fingerprint density at radius 3 is 2.29 bits per heavy atom. The Balaban J connectivity index is 2.45. The van der Waals surface area contributed by atoms with Crippen LogP contribution in [0.5, 0.6) is 0 Å². The predicted octanol–water partition coefficient (Wildman–Crippen LogP) is 3.53. The third-order valence-corrected chi connectivity index (χ3v) is 3.08. The molecule has 2 aromatic carbocycles. The normalized spacial score (nSPS) is 11.2. The lowest BCUT2D eigenvalue weighted by Crippen LogP contribution is -2.01. The number of carboxylic acids is 1. The number of rotatable bonds is 4. The molecule has 5 nitrogen and oxygen atoms in total. The molecule has 5 heteroatoms. The quantitative estimate of drug-likeness (QED) is 0.403. The second kappa shape index (κ2) is 6.00. The van der Waals surface area contributed by atoms with E-state index in [2.05, 4.69) is 0 Å². The van der Waals surface area contributed by atoms with Crippen LogP contribution in [0.2, 0.25) is 0 Å². The molecule has 2 aromatic rings. The average Bonchev–Trinajstić information content (AvgIpc) is 2.46. The van der Waals surface area contributed by atoms with Crippen LogP contribution in [0.1, 0.15) is 16.7 Å². The van der Waals surface area contributed by atoms with E-state index in [1.807, 2.05) is 19.1 Å². The van der Waals surface area contributed by atoms with Crippen LogP contribution in [0.15, 0.2) is 48.5 Å². The number of carboxylic acid groups (broad SMARTS) is 1. The summed E-state index contributed by atoms with van der Waals surface area (Å²) < 4.78 is 0. The van der Waals surface area contributed by atoms with Crippen LogP contribution in [-0.2, 0) is 4.79 Å². The summed E-state index contributed by atoms with van der Waals surface area (Å²) in [6.07, 6.45) is 1.51. The van der Waals surface area contributed by atoms with Crippen molar-refractivity contribution in [3.63, 3.8) is 0 Å². The molecule has 0 atom stereocenters. The molecule has 0 unspecified atom stereocenters. The van der Waals surface area contributed by atoms with Gasteiger partial charge in [0.2, 0.25) is 0 Å². The van der Waals surface area contributed by atoms with Gasteiger partial charge in [-0.25, -0.2) is 4.79 Å². The summed E-state index contributed by atoms with van der Waals surface area (Å²) in [5.74, 6) is -1.04. The number of non-ortho nitro benzene ring substituents is 1. The maximum absolute atomic E-state index is 11.5. The maximum atomic E-state index is 11.5. The van der Waals surface area contributed by atoms with Crippen LogP contribution in [0, 0.1) is 17.0 Å². The summed E-state index contributed by atoms with van der Waals surface area (Å²) in [5, 5.41) is 20.0. The van der Waals surface area contributed by atoms with E-state index in [-0.39, 0.29) is 11.3 Å². The highest BCUT2D eigenvalue weighted by molar-refractivity contribution is 6.21. The van der Waals surface area contributed by atoms with E-state index in [0.717, 1.165) is 5.56 Å². The molecule has 106 valence electrons. The zero-order valence-electron chi connectivity index (χ0n) is 11.3. The van der Waals surface area contributed by atoms with Crippen LogP contribution in [0.4, 0.5) is 5.69 Å². The number of hydrogen-bond donors (Lipinski definition) is 1. The fourth-order valence-corrected chi connectivity index (χ4v) is 1.99. The van der Waals surface area contributed by atoms with Gasteiger partial charge in [0.25, 0.3) is 5.69 Å². The highest BCUT2D eigenvalue weighted by Crippen LogP contribution is 2.23. The van der Waals surface area contributed by atoms with Gasteiger partial charge in [-0.3, -0.25) is 10.1 Å². The van der Waals surface area contributed by atoms with Crippen molar-refractivity contribution in [3.8, 4) is 0 Å². The van der Waals surface area contributed by atoms with Gasteiger partial charge in [-0.2, -0.15) is 0 Å². The van der Waals surface area contributed by atoms with Crippen molar-refractivity contribution in [1.82, 2.24) is 0 Å². The summed E-state index contributed by atoms with van der Waals surface area (Å²) in [7, 11) is 0. The Hall–Kier alpha value is -2.95. The topological polar surface area (TPSA) is 80.4 Å².